The molecular weight excluding hydrogens is 304 g/mol. The van der Waals surface area contributed by atoms with Crippen molar-refractivity contribution in [3.63, 3.8) is 0 Å². The van der Waals surface area contributed by atoms with Crippen LogP contribution in [0.15, 0.2) is 21.5 Å². The van der Waals surface area contributed by atoms with Crippen molar-refractivity contribution in [3.8, 4) is 0 Å². The molecular formula is C18H32N4O2. The van der Waals surface area contributed by atoms with Crippen molar-refractivity contribution in [1.29, 1.82) is 0 Å². The van der Waals surface area contributed by atoms with Crippen LogP contribution < -0.4 is 10.6 Å². The van der Waals surface area contributed by atoms with Crippen molar-refractivity contribution in [1.82, 2.24) is 15.5 Å². The summed E-state index contributed by atoms with van der Waals surface area (Å²) in [6.07, 6.45) is 3.64. The van der Waals surface area contributed by atoms with E-state index in [-0.39, 0.29) is 6.04 Å². The van der Waals surface area contributed by atoms with E-state index in [4.69, 9.17) is 9.15 Å². The molecule has 0 aliphatic carbocycles. The monoisotopic (exact) mass is 336 g/mol. The largest absolute Gasteiger partial charge is 0.465 e. The van der Waals surface area contributed by atoms with Crippen molar-refractivity contribution < 1.29 is 9.15 Å². The molecule has 0 aromatic carbocycles. The Morgan fingerprint density at radius 3 is 2.67 bits per heavy atom. The molecule has 6 nitrogen and oxygen atoms in total. The smallest absolute Gasteiger partial charge is 0.191 e. The molecule has 2 N–H and O–H groups in total. The predicted molar refractivity (Wildman–Crippen MR) is 97.5 cm³/mol. The molecule has 6 heteroatoms. The lowest BCUT2D eigenvalue weighted by atomic mass is 10.1. The number of furan rings is 1. The van der Waals surface area contributed by atoms with E-state index >= 15 is 0 Å². The third-order valence-electron chi connectivity index (χ3n) is 4.34. The van der Waals surface area contributed by atoms with Crippen LogP contribution in [0.2, 0.25) is 0 Å². The van der Waals surface area contributed by atoms with E-state index in [2.05, 4.69) is 33.5 Å². The molecule has 136 valence electrons. The van der Waals surface area contributed by atoms with Gasteiger partial charge in [0.1, 0.15) is 11.5 Å². The van der Waals surface area contributed by atoms with Gasteiger partial charge < -0.3 is 19.8 Å². The Morgan fingerprint density at radius 1 is 1.25 bits per heavy atom. The summed E-state index contributed by atoms with van der Waals surface area (Å²) in [5, 5.41) is 6.83. The molecule has 0 spiro atoms. The maximum Gasteiger partial charge on any atom is 0.191 e. The Labute approximate surface area is 145 Å². The van der Waals surface area contributed by atoms with E-state index in [1.54, 1.807) is 0 Å². The third kappa shape index (κ3) is 5.83. The molecule has 1 unspecified atom stereocenters. The van der Waals surface area contributed by atoms with Gasteiger partial charge in [-0.15, -0.1) is 0 Å². The number of ether oxygens (including phenoxy) is 1. The van der Waals surface area contributed by atoms with Gasteiger partial charge in [-0.2, -0.15) is 0 Å². The minimum atomic E-state index is 0.191. The van der Waals surface area contributed by atoms with Crippen LogP contribution >= 0.6 is 0 Å². The van der Waals surface area contributed by atoms with Crippen LogP contribution in [0.25, 0.3) is 0 Å². The van der Waals surface area contributed by atoms with Gasteiger partial charge in [-0.05, 0) is 25.5 Å². The lowest BCUT2D eigenvalue weighted by Gasteiger charge is -2.33. The number of unbranched alkanes of at least 4 members (excludes halogenated alkanes) is 2. The molecule has 2 heterocycles. The molecule has 1 aliphatic rings. The number of nitrogens with one attached hydrogen (secondary N) is 2. The van der Waals surface area contributed by atoms with Crippen LogP contribution in [-0.4, -0.2) is 57.3 Å². The number of hydrogen-bond acceptors (Lipinski definition) is 4. The van der Waals surface area contributed by atoms with E-state index in [9.17, 15) is 0 Å². The summed E-state index contributed by atoms with van der Waals surface area (Å²) in [5.41, 5.74) is 0. The van der Waals surface area contributed by atoms with Gasteiger partial charge in [0, 0.05) is 33.2 Å². The van der Waals surface area contributed by atoms with Crippen LogP contribution in [0.3, 0.4) is 0 Å². The van der Waals surface area contributed by atoms with E-state index in [1.807, 2.05) is 20.0 Å². The van der Waals surface area contributed by atoms with Crippen molar-refractivity contribution in [3.05, 3.63) is 23.7 Å². The summed E-state index contributed by atoms with van der Waals surface area (Å²) < 4.78 is 11.4. The summed E-state index contributed by atoms with van der Waals surface area (Å²) >= 11 is 0. The first-order valence-electron chi connectivity index (χ1n) is 9.07. The highest BCUT2D eigenvalue weighted by Crippen LogP contribution is 2.23. The Kier molecular flexibility index (Phi) is 8.12. The first kappa shape index (κ1) is 18.8. The Balaban J connectivity index is 1.92. The molecule has 1 aromatic heterocycles. The normalized spacial score (nSPS) is 17.7. The summed E-state index contributed by atoms with van der Waals surface area (Å²) in [7, 11) is 1.82. The third-order valence-corrected chi connectivity index (χ3v) is 4.34. The minimum Gasteiger partial charge on any atom is -0.465 e. The highest BCUT2D eigenvalue weighted by Gasteiger charge is 2.25. The fourth-order valence-corrected chi connectivity index (χ4v) is 2.93. The van der Waals surface area contributed by atoms with E-state index in [0.29, 0.717) is 0 Å². The van der Waals surface area contributed by atoms with Crippen LogP contribution in [0.5, 0.6) is 0 Å². The average Bonchev–Trinajstić information content (AvgIpc) is 3.04. The standard InChI is InChI=1S/C18H32N4O2/c1-4-5-6-9-20-18(19-3)21-14-16(17-8-7-15(2)24-17)22-10-12-23-13-11-22/h7-8,16H,4-6,9-14H2,1-3H3,(H2,19,20,21). The fourth-order valence-electron chi connectivity index (χ4n) is 2.93. The topological polar surface area (TPSA) is 62.0 Å². The van der Waals surface area contributed by atoms with E-state index in [0.717, 1.165) is 56.9 Å². The fraction of sp³-hybridized carbons (Fsp3) is 0.722. The van der Waals surface area contributed by atoms with Gasteiger partial charge in [-0.25, -0.2) is 0 Å². The number of hydrogen-bond donors (Lipinski definition) is 2. The van der Waals surface area contributed by atoms with Crippen molar-refractivity contribution >= 4 is 5.96 Å². The van der Waals surface area contributed by atoms with Crippen molar-refractivity contribution in [2.24, 2.45) is 4.99 Å². The zero-order valence-corrected chi connectivity index (χ0v) is 15.3. The second-order valence-corrected chi connectivity index (χ2v) is 6.20. The first-order valence-corrected chi connectivity index (χ1v) is 9.07. The minimum absolute atomic E-state index is 0.191. The molecule has 1 atom stereocenters. The number of nitrogens with zero attached hydrogens (tertiary/aromatic N) is 2. The van der Waals surface area contributed by atoms with Crippen LogP contribution in [0.1, 0.15) is 43.7 Å². The summed E-state index contributed by atoms with van der Waals surface area (Å²) in [4.78, 5) is 6.74. The molecule has 0 saturated carbocycles. The zero-order valence-electron chi connectivity index (χ0n) is 15.3. The molecule has 1 saturated heterocycles. The number of aryl methyl sites for hydroxylation is 1. The number of morpholine rings is 1. The Morgan fingerprint density at radius 2 is 2.04 bits per heavy atom. The number of aliphatic imine (C=N–C) groups is 1. The highest BCUT2D eigenvalue weighted by atomic mass is 16.5. The van der Waals surface area contributed by atoms with Gasteiger partial charge in [0.05, 0.1) is 19.3 Å². The Hall–Kier alpha value is -1.53. The lowest BCUT2D eigenvalue weighted by Crippen LogP contribution is -2.46. The van der Waals surface area contributed by atoms with Crippen LogP contribution in [-0.2, 0) is 4.74 Å². The van der Waals surface area contributed by atoms with E-state index < -0.39 is 0 Å². The molecule has 24 heavy (non-hydrogen) atoms. The molecule has 1 fully saturated rings. The van der Waals surface area contributed by atoms with Gasteiger partial charge in [-0.3, -0.25) is 9.89 Å². The second-order valence-electron chi connectivity index (χ2n) is 6.20. The number of guanidine groups is 1. The summed E-state index contributed by atoms with van der Waals surface area (Å²) in [6.45, 7) is 9.33. The van der Waals surface area contributed by atoms with Crippen molar-refractivity contribution in [2.75, 3.05) is 46.4 Å². The van der Waals surface area contributed by atoms with E-state index in [1.165, 1.54) is 19.3 Å². The molecule has 2 rings (SSSR count). The second kappa shape index (κ2) is 10.4. The van der Waals surface area contributed by atoms with Crippen LogP contribution in [0, 0.1) is 6.92 Å². The van der Waals surface area contributed by atoms with Gasteiger partial charge in [0.2, 0.25) is 0 Å². The number of rotatable bonds is 8. The summed E-state index contributed by atoms with van der Waals surface area (Å²) in [6, 6.07) is 4.30. The highest BCUT2D eigenvalue weighted by molar-refractivity contribution is 5.79. The molecule has 1 aliphatic heterocycles. The van der Waals surface area contributed by atoms with Gasteiger partial charge in [0.25, 0.3) is 0 Å². The quantitative estimate of drug-likeness (QED) is 0.433. The maximum absolute atomic E-state index is 5.90. The predicted octanol–water partition coefficient (Wildman–Crippen LogP) is 2.32. The summed E-state index contributed by atoms with van der Waals surface area (Å²) in [5.74, 6) is 2.81. The van der Waals surface area contributed by atoms with Gasteiger partial charge >= 0.3 is 0 Å². The van der Waals surface area contributed by atoms with Gasteiger partial charge in [-0.1, -0.05) is 19.8 Å². The molecule has 0 radical (unpaired) electrons. The van der Waals surface area contributed by atoms with Crippen LogP contribution in [0.4, 0.5) is 0 Å². The first-order chi connectivity index (χ1) is 11.7. The average molecular weight is 336 g/mol. The maximum atomic E-state index is 5.90. The SMILES string of the molecule is CCCCCNC(=NC)NCC(c1ccc(C)o1)N1CCOCC1. The van der Waals surface area contributed by atoms with Crippen molar-refractivity contribution in [2.45, 2.75) is 39.2 Å². The lowest BCUT2D eigenvalue weighted by molar-refractivity contribution is 0.0124. The Bertz CT molecular complexity index is 495. The molecule has 1 aromatic rings. The molecule has 0 amide bonds. The zero-order chi connectivity index (χ0) is 17.2. The molecule has 0 bridgehead atoms. The van der Waals surface area contributed by atoms with Gasteiger partial charge in [0.15, 0.2) is 5.96 Å².